The van der Waals surface area contributed by atoms with Crippen LogP contribution in [-0.4, -0.2) is 84.6 Å². The number of rotatable bonds is 14. The highest BCUT2D eigenvalue weighted by Crippen LogP contribution is 2.07. The number of nitrogens with one attached hydrogen (secondary N) is 5. The van der Waals surface area contributed by atoms with Crippen LogP contribution in [0.1, 0.15) is 17.0 Å². The maximum absolute atomic E-state index is 13.3. The molecule has 0 saturated heterocycles. The number of aromatic nitrogens is 4. The Hall–Kier alpha value is -4.56. The number of hydrogen-bond donors (Lipinski definition) is 8. The lowest BCUT2D eigenvalue weighted by Gasteiger charge is -2.25. The number of aliphatic hydroxyl groups is 1. The molecule has 4 unspecified atom stereocenters. The summed E-state index contributed by atoms with van der Waals surface area (Å²) in [6.45, 7) is -0.629. The van der Waals surface area contributed by atoms with Gasteiger partial charge in [-0.05, 0) is 5.56 Å². The third-order valence-corrected chi connectivity index (χ3v) is 5.65. The van der Waals surface area contributed by atoms with E-state index in [4.69, 9.17) is 5.73 Å². The number of imidazole rings is 2. The number of H-pyrrole nitrogens is 2. The van der Waals surface area contributed by atoms with Crippen molar-refractivity contribution in [2.45, 2.75) is 43.4 Å². The lowest BCUT2D eigenvalue weighted by molar-refractivity contribution is -0.142. The molecular weight excluding hydrogens is 496 g/mol. The predicted molar refractivity (Wildman–Crippen MR) is 133 cm³/mol. The fourth-order valence-corrected chi connectivity index (χ4v) is 3.61. The van der Waals surface area contributed by atoms with E-state index in [2.05, 4.69) is 35.9 Å². The van der Waals surface area contributed by atoms with Gasteiger partial charge in [-0.15, -0.1) is 0 Å². The van der Waals surface area contributed by atoms with Crippen molar-refractivity contribution in [3.63, 3.8) is 0 Å². The number of nitrogens with two attached hydrogens (primary N) is 1. The second-order valence-corrected chi connectivity index (χ2v) is 8.56. The third-order valence-electron chi connectivity index (χ3n) is 5.65. The zero-order chi connectivity index (χ0) is 27.5. The summed E-state index contributed by atoms with van der Waals surface area (Å²) in [7, 11) is 0. The molecule has 0 bridgehead atoms. The average molecular weight is 527 g/mol. The molecule has 9 N–H and O–H groups in total. The molecule has 202 valence electrons. The van der Waals surface area contributed by atoms with Crippen LogP contribution in [0.15, 0.2) is 55.4 Å². The summed E-state index contributed by atoms with van der Waals surface area (Å²) < 4.78 is 0. The SMILES string of the molecule is NC(CO)C(=O)NC(Cc1cnc[nH]1)C(=O)NC(Cc1ccccc1)C(=O)NC(Cc1cnc[nH]1)C(=O)O. The highest BCUT2D eigenvalue weighted by atomic mass is 16.4. The van der Waals surface area contributed by atoms with Crippen LogP contribution >= 0.6 is 0 Å². The monoisotopic (exact) mass is 526 g/mol. The Morgan fingerprint density at radius 1 is 0.789 bits per heavy atom. The normalized spacial score (nSPS) is 14.1. The number of aromatic amines is 2. The molecule has 0 aliphatic rings. The number of benzene rings is 1. The summed E-state index contributed by atoms with van der Waals surface area (Å²) in [5.74, 6) is -3.47. The lowest BCUT2D eigenvalue weighted by atomic mass is 10.0. The van der Waals surface area contributed by atoms with Crippen LogP contribution in [-0.2, 0) is 38.4 Å². The van der Waals surface area contributed by atoms with Gasteiger partial charge < -0.3 is 41.9 Å². The van der Waals surface area contributed by atoms with Crippen molar-refractivity contribution in [2.75, 3.05) is 6.61 Å². The molecular formula is C24H30N8O6. The van der Waals surface area contributed by atoms with Gasteiger partial charge in [0.25, 0.3) is 0 Å². The van der Waals surface area contributed by atoms with Gasteiger partial charge in [-0.1, -0.05) is 30.3 Å². The molecule has 0 aliphatic heterocycles. The minimum Gasteiger partial charge on any atom is -0.480 e. The lowest BCUT2D eigenvalue weighted by Crippen LogP contribution is -2.58. The Bertz CT molecular complexity index is 1190. The average Bonchev–Trinajstić information content (AvgIpc) is 3.62. The highest BCUT2D eigenvalue weighted by Gasteiger charge is 2.31. The Morgan fingerprint density at radius 2 is 1.29 bits per heavy atom. The van der Waals surface area contributed by atoms with Gasteiger partial charge in [0.1, 0.15) is 24.2 Å². The molecule has 38 heavy (non-hydrogen) atoms. The summed E-state index contributed by atoms with van der Waals surface area (Å²) in [6, 6.07) is 3.95. The van der Waals surface area contributed by atoms with Crippen molar-refractivity contribution in [1.29, 1.82) is 0 Å². The Labute approximate surface area is 217 Å². The van der Waals surface area contributed by atoms with E-state index in [1.54, 1.807) is 30.3 Å². The summed E-state index contributed by atoms with van der Waals surface area (Å²) in [6.07, 6.45) is 5.71. The van der Waals surface area contributed by atoms with E-state index in [1.807, 2.05) is 0 Å². The summed E-state index contributed by atoms with van der Waals surface area (Å²) in [5.41, 5.74) is 7.33. The van der Waals surface area contributed by atoms with Gasteiger partial charge in [0.2, 0.25) is 17.7 Å². The molecule has 2 aromatic heterocycles. The summed E-state index contributed by atoms with van der Waals surface area (Å²) in [4.78, 5) is 64.2. The minimum absolute atomic E-state index is 0.00697. The minimum atomic E-state index is -1.29. The molecule has 1 aromatic carbocycles. The van der Waals surface area contributed by atoms with E-state index < -0.39 is 54.5 Å². The fraction of sp³-hybridized carbons (Fsp3) is 0.333. The first-order valence-electron chi connectivity index (χ1n) is 11.8. The van der Waals surface area contributed by atoms with Crippen molar-refractivity contribution in [1.82, 2.24) is 35.9 Å². The van der Waals surface area contributed by atoms with Gasteiger partial charge in [0.15, 0.2) is 0 Å². The molecule has 14 nitrogen and oxygen atoms in total. The number of carboxylic acid groups (broad SMARTS) is 1. The fourth-order valence-electron chi connectivity index (χ4n) is 3.61. The third kappa shape index (κ3) is 8.25. The smallest absolute Gasteiger partial charge is 0.326 e. The number of aliphatic hydroxyl groups excluding tert-OH is 1. The molecule has 4 atom stereocenters. The van der Waals surface area contributed by atoms with Gasteiger partial charge in [0.05, 0.1) is 19.3 Å². The molecule has 0 fully saturated rings. The van der Waals surface area contributed by atoms with E-state index in [1.165, 1.54) is 25.0 Å². The Kier molecular flexibility index (Phi) is 10.1. The zero-order valence-electron chi connectivity index (χ0n) is 20.3. The van der Waals surface area contributed by atoms with Crippen LogP contribution in [0.25, 0.3) is 0 Å². The van der Waals surface area contributed by atoms with E-state index in [0.29, 0.717) is 17.0 Å². The zero-order valence-corrected chi connectivity index (χ0v) is 20.3. The Morgan fingerprint density at radius 3 is 1.79 bits per heavy atom. The number of aliphatic carboxylic acids is 1. The molecule has 0 spiro atoms. The molecule has 14 heteroatoms. The molecule has 3 amide bonds. The van der Waals surface area contributed by atoms with Crippen LogP contribution in [0.4, 0.5) is 0 Å². The highest BCUT2D eigenvalue weighted by molar-refractivity contribution is 5.94. The topological polar surface area (TPSA) is 228 Å². The van der Waals surface area contributed by atoms with E-state index in [-0.39, 0.29) is 19.3 Å². The van der Waals surface area contributed by atoms with Gasteiger partial charge in [-0.2, -0.15) is 0 Å². The first kappa shape index (κ1) is 28.0. The van der Waals surface area contributed by atoms with Crippen molar-refractivity contribution in [3.8, 4) is 0 Å². The van der Waals surface area contributed by atoms with E-state index >= 15 is 0 Å². The van der Waals surface area contributed by atoms with Crippen LogP contribution in [0.3, 0.4) is 0 Å². The number of carboxylic acids is 1. The van der Waals surface area contributed by atoms with Crippen molar-refractivity contribution < 1.29 is 29.4 Å². The number of carbonyl (C=O) groups is 4. The first-order valence-corrected chi connectivity index (χ1v) is 11.8. The number of carbonyl (C=O) groups excluding carboxylic acids is 3. The van der Waals surface area contributed by atoms with Gasteiger partial charge in [-0.25, -0.2) is 14.8 Å². The van der Waals surface area contributed by atoms with Crippen LogP contribution in [0.2, 0.25) is 0 Å². The maximum Gasteiger partial charge on any atom is 0.326 e. The standard InChI is InChI=1S/C24H30N8O6/c25-17(11-33)21(34)30-19(7-15-9-26-12-28-15)23(36)31-18(6-14-4-2-1-3-5-14)22(35)32-20(24(37)38)8-16-10-27-13-29-16/h1-5,9-10,12-13,17-20,33H,6-8,11,25H2,(H,26,28)(H,27,29)(H,30,34)(H,31,36)(H,32,35)(H,37,38). The maximum atomic E-state index is 13.3. The van der Waals surface area contributed by atoms with Crippen LogP contribution in [0, 0.1) is 0 Å². The van der Waals surface area contributed by atoms with E-state index in [9.17, 15) is 29.4 Å². The van der Waals surface area contributed by atoms with Crippen molar-refractivity contribution in [3.05, 3.63) is 72.3 Å². The van der Waals surface area contributed by atoms with Crippen LogP contribution < -0.4 is 21.7 Å². The summed E-state index contributed by atoms with van der Waals surface area (Å²) >= 11 is 0. The van der Waals surface area contributed by atoms with Crippen LogP contribution in [0.5, 0.6) is 0 Å². The van der Waals surface area contributed by atoms with Gasteiger partial charge in [0, 0.05) is 43.0 Å². The molecule has 0 radical (unpaired) electrons. The molecule has 0 aliphatic carbocycles. The van der Waals surface area contributed by atoms with Gasteiger partial charge in [-0.3, -0.25) is 14.4 Å². The second kappa shape index (κ2) is 13.7. The number of nitrogens with zero attached hydrogens (tertiary/aromatic N) is 2. The molecule has 0 saturated carbocycles. The molecule has 3 aromatic rings. The molecule has 2 heterocycles. The first-order chi connectivity index (χ1) is 18.3. The number of amides is 3. The van der Waals surface area contributed by atoms with Gasteiger partial charge >= 0.3 is 5.97 Å². The molecule has 3 rings (SSSR count). The Balaban J connectivity index is 1.80. The van der Waals surface area contributed by atoms with Crippen molar-refractivity contribution in [2.24, 2.45) is 5.73 Å². The quantitative estimate of drug-likeness (QED) is 0.116. The van der Waals surface area contributed by atoms with E-state index in [0.717, 1.165) is 0 Å². The second-order valence-electron chi connectivity index (χ2n) is 8.56. The number of hydrogen-bond acceptors (Lipinski definition) is 8. The van der Waals surface area contributed by atoms with Crippen molar-refractivity contribution >= 4 is 23.7 Å². The predicted octanol–water partition coefficient (Wildman–Crippen LogP) is -1.98. The largest absolute Gasteiger partial charge is 0.480 e. The summed E-state index contributed by atoms with van der Waals surface area (Å²) in [5, 5.41) is 26.4.